The van der Waals surface area contributed by atoms with Gasteiger partial charge in [0.25, 0.3) is 5.91 Å². The van der Waals surface area contributed by atoms with Crippen LogP contribution in [0.2, 0.25) is 0 Å². The lowest BCUT2D eigenvalue weighted by Gasteiger charge is -2.37. The minimum atomic E-state index is -0.450. The van der Waals surface area contributed by atoms with Crippen LogP contribution in [0.4, 0.5) is 4.39 Å². The minimum absolute atomic E-state index is 0.0692. The summed E-state index contributed by atoms with van der Waals surface area (Å²) >= 11 is 0. The van der Waals surface area contributed by atoms with Crippen LogP contribution in [0, 0.1) is 17.2 Å². The highest BCUT2D eigenvalue weighted by Gasteiger charge is 2.43. The lowest BCUT2D eigenvalue weighted by atomic mass is 9.66. The zero-order valence-electron chi connectivity index (χ0n) is 27.1. The number of Topliss-reactive ketones (excluding diaryl/α,β-unsaturated/α-hetero) is 1. The predicted molar refractivity (Wildman–Crippen MR) is 178 cm³/mol. The van der Waals surface area contributed by atoms with E-state index in [0.717, 1.165) is 78.6 Å². The van der Waals surface area contributed by atoms with E-state index in [9.17, 15) is 14.0 Å². The van der Waals surface area contributed by atoms with E-state index in [0.29, 0.717) is 24.4 Å². The molecule has 2 atom stereocenters. The number of hydrogen-bond acceptors (Lipinski definition) is 5. The molecule has 1 amide bonds. The summed E-state index contributed by atoms with van der Waals surface area (Å²) in [6.07, 6.45) is 14.7. The quantitative estimate of drug-likeness (QED) is 0.278. The molecule has 1 aromatic carbocycles. The van der Waals surface area contributed by atoms with Gasteiger partial charge in [0.2, 0.25) is 0 Å². The average Bonchev–Trinajstić information content (AvgIpc) is 3.70. The molecule has 2 aromatic rings. The van der Waals surface area contributed by atoms with E-state index in [1.807, 2.05) is 44.2 Å². The molecule has 6 nitrogen and oxygen atoms in total. The number of aromatic nitrogens is 1. The second kappa shape index (κ2) is 14.6. The fourth-order valence-electron chi connectivity index (χ4n) is 7.53. The molecule has 5 rings (SSSR count). The van der Waals surface area contributed by atoms with Crippen molar-refractivity contribution in [2.75, 3.05) is 20.2 Å². The molecule has 1 saturated heterocycles. The highest BCUT2D eigenvalue weighted by atomic mass is 19.1. The van der Waals surface area contributed by atoms with Crippen LogP contribution in [0.3, 0.4) is 0 Å². The van der Waals surface area contributed by atoms with Gasteiger partial charge in [0.15, 0.2) is 5.78 Å². The molecule has 3 aliphatic rings. The maximum absolute atomic E-state index is 14.1. The van der Waals surface area contributed by atoms with Crippen molar-refractivity contribution in [2.45, 2.75) is 84.7 Å². The number of nitrogens with one attached hydrogen (secondary N) is 1. The van der Waals surface area contributed by atoms with Gasteiger partial charge >= 0.3 is 0 Å². The summed E-state index contributed by atoms with van der Waals surface area (Å²) < 4.78 is 19.5. The zero-order valence-corrected chi connectivity index (χ0v) is 27.1. The van der Waals surface area contributed by atoms with Crippen LogP contribution >= 0.6 is 0 Å². The van der Waals surface area contributed by atoms with Gasteiger partial charge in [-0.15, -0.1) is 0 Å². The Bertz CT molecular complexity index is 1520. The fraction of sp³-hybridized carbons (Fsp3) is 0.474. The van der Waals surface area contributed by atoms with Gasteiger partial charge in [-0.25, -0.2) is 4.39 Å². The Hall–Kier alpha value is -3.71. The topological polar surface area (TPSA) is 80.7 Å². The van der Waals surface area contributed by atoms with Crippen molar-refractivity contribution >= 4 is 23.5 Å². The molecule has 238 valence electrons. The number of hydrogen-bond donors (Lipinski definition) is 1. The predicted octanol–water partition coefficient (Wildman–Crippen LogP) is 7.85. The molecule has 7 heteroatoms. The number of allylic oxidation sites excluding steroid dienone is 4. The van der Waals surface area contributed by atoms with Gasteiger partial charge in [-0.3, -0.25) is 19.6 Å². The average molecular weight is 612 g/mol. The maximum Gasteiger partial charge on any atom is 0.269 e. The first kappa shape index (κ1) is 32.7. The highest BCUT2D eigenvalue weighted by Crippen LogP contribution is 2.51. The fourth-order valence-corrected chi connectivity index (χ4v) is 7.53. The number of carbonyl (C=O) groups is 2. The lowest BCUT2D eigenvalue weighted by molar-refractivity contribution is -0.119. The lowest BCUT2D eigenvalue weighted by Crippen LogP contribution is -2.37. The van der Waals surface area contributed by atoms with Crippen LogP contribution < -0.4 is 5.32 Å². The van der Waals surface area contributed by atoms with E-state index < -0.39 is 5.92 Å². The van der Waals surface area contributed by atoms with Gasteiger partial charge in [-0.05, 0) is 100 Å². The van der Waals surface area contributed by atoms with Crippen LogP contribution in [0.15, 0.2) is 76.0 Å². The summed E-state index contributed by atoms with van der Waals surface area (Å²) in [6, 6.07) is 10.2. The zero-order chi connectivity index (χ0) is 32.0. The van der Waals surface area contributed by atoms with Crippen LogP contribution in [0.5, 0.6) is 0 Å². The molecule has 1 aliphatic heterocycles. The van der Waals surface area contributed by atoms with Gasteiger partial charge < -0.3 is 10.1 Å². The number of benzene rings is 1. The van der Waals surface area contributed by atoms with Crippen LogP contribution in [0.25, 0.3) is 17.2 Å². The Morgan fingerprint density at radius 2 is 1.96 bits per heavy atom. The van der Waals surface area contributed by atoms with Crippen LogP contribution in [0.1, 0.15) is 84.3 Å². The third-order valence-electron chi connectivity index (χ3n) is 9.63. The molecule has 2 aliphatic carbocycles. The smallest absolute Gasteiger partial charge is 0.269 e. The van der Waals surface area contributed by atoms with Crippen LogP contribution in [-0.2, 0) is 14.3 Å². The Morgan fingerprint density at radius 1 is 1.16 bits per heavy atom. The van der Waals surface area contributed by atoms with Crippen molar-refractivity contribution in [1.29, 1.82) is 0 Å². The van der Waals surface area contributed by atoms with E-state index >= 15 is 0 Å². The molecule has 45 heavy (non-hydrogen) atoms. The molecule has 0 bridgehead atoms. The Kier molecular flexibility index (Phi) is 10.6. The summed E-state index contributed by atoms with van der Waals surface area (Å²) in [5.41, 5.74) is 6.25. The summed E-state index contributed by atoms with van der Waals surface area (Å²) in [4.78, 5) is 36.8. The largest absolute Gasteiger partial charge is 0.378 e. The number of carbonyl (C=O) groups excluding carboxylic acids is 2. The monoisotopic (exact) mass is 611 g/mol. The normalized spacial score (nSPS) is 20.7. The standard InChI is InChI=1S/C38H46FN3O3/c1-25(2)34(36(40-4)37(44)41-19-16-31-11-8-20-45-31)32(35-26(3)22-38(23-33(35)43)17-5-6-18-38)15-14-30-13-12-28(24-42-30)27-9-7-10-29(39)21-27/h7,9-10,12-15,21,24,31-32H,5-6,8,11,16-20,22-23H2,1-4H3,(H,41,44)/b15-14+,40-36+. The van der Waals surface area contributed by atoms with Crippen molar-refractivity contribution in [1.82, 2.24) is 10.3 Å². The second-order valence-corrected chi connectivity index (χ2v) is 13.2. The Balaban J connectivity index is 1.47. The van der Waals surface area contributed by atoms with Gasteiger partial charge in [-0.2, -0.15) is 0 Å². The first-order valence-electron chi connectivity index (χ1n) is 16.4. The van der Waals surface area contributed by atoms with E-state index in [1.165, 1.54) is 25.0 Å². The van der Waals surface area contributed by atoms with Gasteiger partial charge in [0.05, 0.1) is 11.8 Å². The van der Waals surface area contributed by atoms with Gasteiger partial charge in [0, 0.05) is 49.9 Å². The van der Waals surface area contributed by atoms with E-state index in [4.69, 9.17) is 4.74 Å². The summed E-state index contributed by atoms with van der Waals surface area (Å²) in [6.45, 7) is 7.34. The Morgan fingerprint density at radius 3 is 2.58 bits per heavy atom. The number of nitrogens with zero attached hydrogens (tertiary/aromatic N) is 2. The summed E-state index contributed by atoms with van der Waals surface area (Å²) in [5, 5.41) is 3.07. The number of ether oxygens (including phenoxy) is 1. The van der Waals surface area contributed by atoms with E-state index in [1.54, 1.807) is 19.3 Å². The summed E-state index contributed by atoms with van der Waals surface area (Å²) in [5.74, 6) is -0.819. The molecule has 0 radical (unpaired) electrons. The van der Waals surface area contributed by atoms with Crippen molar-refractivity contribution < 1.29 is 18.7 Å². The first-order chi connectivity index (χ1) is 21.7. The number of aliphatic imine (C=N–C) groups is 1. The second-order valence-electron chi connectivity index (χ2n) is 13.2. The SMILES string of the molecule is C/N=C(/C(=O)NCCC1CCCO1)C(=C(C)C)C(/C=C/c1ccc(-c2cccc(F)c2)cn1)C1=C(C)CC2(CCCC2)CC1=O. The maximum atomic E-state index is 14.1. The van der Waals surface area contributed by atoms with Gasteiger partial charge in [-0.1, -0.05) is 48.3 Å². The molecule has 2 unspecified atom stereocenters. The molecule has 2 heterocycles. The van der Waals surface area contributed by atoms with E-state index in [-0.39, 0.29) is 29.0 Å². The van der Waals surface area contributed by atoms with E-state index in [2.05, 4.69) is 22.2 Å². The molecule has 1 aromatic heterocycles. The minimum Gasteiger partial charge on any atom is -0.378 e. The van der Waals surface area contributed by atoms with Crippen molar-refractivity contribution in [2.24, 2.45) is 16.3 Å². The third kappa shape index (κ3) is 7.75. The molecular weight excluding hydrogens is 565 g/mol. The number of rotatable bonds is 10. The molecule has 2 fully saturated rings. The highest BCUT2D eigenvalue weighted by molar-refractivity contribution is 6.45. The number of pyridine rings is 1. The molecule has 1 spiro atoms. The number of halogens is 1. The molecule has 1 saturated carbocycles. The number of ketones is 1. The summed E-state index contributed by atoms with van der Waals surface area (Å²) in [7, 11) is 1.64. The molecule has 1 N–H and O–H groups in total. The third-order valence-corrected chi connectivity index (χ3v) is 9.63. The van der Waals surface area contributed by atoms with Crippen molar-refractivity contribution in [3.63, 3.8) is 0 Å². The number of amides is 1. The Labute approximate surface area is 267 Å². The van der Waals surface area contributed by atoms with Gasteiger partial charge in [0.1, 0.15) is 11.5 Å². The molecular formula is C38H46FN3O3. The van der Waals surface area contributed by atoms with Crippen molar-refractivity contribution in [3.05, 3.63) is 82.5 Å². The van der Waals surface area contributed by atoms with Crippen molar-refractivity contribution in [3.8, 4) is 11.1 Å². The first-order valence-corrected chi connectivity index (χ1v) is 16.4. The van der Waals surface area contributed by atoms with Crippen LogP contribution in [-0.4, -0.2) is 48.7 Å².